The highest BCUT2D eigenvalue weighted by molar-refractivity contribution is 5.21. The van der Waals surface area contributed by atoms with Gasteiger partial charge in [-0.3, -0.25) is 0 Å². The van der Waals surface area contributed by atoms with E-state index in [1.54, 1.807) is 12.1 Å². The molecule has 0 heterocycles. The molecule has 0 aliphatic heterocycles. The van der Waals surface area contributed by atoms with Crippen molar-refractivity contribution in [3.8, 4) is 0 Å². The number of benzene rings is 1. The highest BCUT2D eigenvalue weighted by atomic mass is 19.1. The number of hydrogen-bond donors (Lipinski definition) is 1. The molecule has 0 spiro atoms. The first-order valence-electron chi connectivity index (χ1n) is 8.71. The lowest BCUT2D eigenvalue weighted by molar-refractivity contribution is 0.0989. The average Bonchev–Trinajstić information content (AvgIpc) is 2.51. The van der Waals surface area contributed by atoms with Crippen LogP contribution in [-0.2, 0) is 6.42 Å². The second kappa shape index (κ2) is 6.48. The predicted octanol–water partition coefficient (Wildman–Crippen LogP) is 4.84. The van der Waals surface area contributed by atoms with Crippen molar-refractivity contribution in [2.24, 2.45) is 17.6 Å². The maximum absolute atomic E-state index is 14.0. The van der Waals surface area contributed by atoms with Crippen molar-refractivity contribution in [1.82, 2.24) is 0 Å². The Morgan fingerprint density at radius 2 is 1.71 bits per heavy atom. The molecule has 21 heavy (non-hydrogen) atoms. The molecule has 3 rings (SSSR count). The molecule has 0 saturated heterocycles. The fourth-order valence-corrected chi connectivity index (χ4v) is 4.75. The Balaban J connectivity index is 1.79. The molecular formula is C19H28FN. The van der Waals surface area contributed by atoms with Gasteiger partial charge in [0.15, 0.2) is 0 Å². The number of hydrogen-bond acceptors (Lipinski definition) is 1. The number of halogens is 1. The van der Waals surface area contributed by atoms with Crippen molar-refractivity contribution in [1.29, 1.82) is 0 Å². The van der Waals surface area contributed by atoms with E-state index in [1.165, 1.54) is 51.4 Å². The van der Waals surface area contributed by atoms with E-state index in [0.29, 0.717) is 12.3 Å². The molecule has 1 aromatic carbocycles. The molecule has 2 unspecified atom stereocenters. The fraction of sp³-hybridized carbons (Fsp3) is 0.684. The average molecular weight is 289 g/mol. The molecule has 2 fully saturated rings. The third-order valence-electron chi connectivity index (χ3n) is 5.84. The van der Waals surface area contributed by atoms with E-state index < -0.39 is 0 Å². The maximum Gasteiger partial charge on any atom is 0.126 e. The van der Waals surface area contributed by atoms with Gasteiger partial charge in [0.25, 0.3) is 0 Å². The summed E-state index contributed by atoms with van der Waals surface area (Å²) in [4.78, 5) is 0. The van der Waals surface area contributed by atoms with E-state index in [4.69, 9.17) is 5.73 Å². The Hall–Kier alpha value is -0.890. The molecule has 2 heteroatoms. The zero-order valence-electron chi connectivity index (χ0n) is 13.0. The van der Waals surface area contributed by atoms with E-state index in [1.807, 2.05) is 12.1 Å². The van der Waals surface area contributed by atoms with Crippen LogP contribution in [0.3, 0.4) is 0 Å². The molecule has 0 amide bonds. The highest BCUT2D eigenvalue weighted by Crippen LogP contribution is 2.44. The molecule has 0 aromatic heterocycles. The summed E-state index contributed by atoms with van der Waals surface area (Å²) < 4.78 is 14.0. The first kappa shape index (κ1) is 15.0. The lowest BCUT2D eigenvalue weighted by Crippen LogP contribution is -2.54. The summed E-state index contributed by atoms with van der Waals surface area (Å²) in [6.45, 7) is 0. The van der Waals surface area contributed by atoms with Gasteiger partial charge in [0.2, 0.25) is 0 Å². The van der Waals surface area contributed by atoms with Crippen molar-refractivity contribution in [2.75, 3.05) is 0 Å². The first-order chi connectivity index (χ1) is 10.2. The molecular weight excluding hydrogens is 261 g/mol. The Morgan fingerprint density at radius 3 is 2.48 bits per heavy atom. The number of rotatable bonds is 3. The molecule has 2 aliphatic rings. The van der Waals surface area contributed by atoms with Crippen LogP contribution in [-0.4, -0.2) is 5.54 Å². The van der Waals surface area contributed by atoms with Gasteiger partial charge in [-0.1, -0.05) is 63.1 Å². The lowest BCUT2D eigenvalue weighted by Gasteiger charge is -2.46. The van der Waals surface area contributed by atoms with E-state index >= 15 is 0 Å². The summed E-state index contributed by atoms with van der Waals surface area (Å²) in [7, 11) is 0. The Morgan fingerprint density at radius 1 is 1.00 bits per heavy atom. The minimum absolute atomic E-state index is 0.0877. The Kier molecular flexibility index (Phi) is 4.63. The van der Waals surface area contributed by atoms with Crippen molar-refractivity contribution >= 4 is 0 Å². The SMILES string of the molecule is NC1(Cc2ccccc2F)CCCCC1C1CCCCC1. The normalized spacial score (nSPS) is 31.2. The van der Waals surface area contributed by atoms with Crippen LogP contribution in [0.5, 0.6) is 0 Å². The van der Waals surface area contributed by atoms with E-state index in [9.17, 15) is 4.39 Å². The smallest absolute Gasteiger partial charge is 0.126 e. The topological polar surface area (TPSA) is 26.0 Å². The van der Waals surface area contributed by atoms with Gasteiger partial charge >= 0.3 is 0 Å². The van der Waals surface area contributed by atoms with Crippen LogP contribution in [0.15, 0.2) is 24.3 Å². The third-order valence-corrected chi connectivity index (χ3v) is 5.84. The molecule has 2 N–H and O–H groups in total. The molecule has 0 bridgehead atoms. The highest BCUT2D eigenvalue weighted by Gasteiger charge is 2.41. The summed E-state index contributed by atoms with van der Waals surface area (Å²) >= 11 is 0. The molecule has 116 valence electrons. The van der Waals surface area contributed by atoms with Crippen LogP contribution in [0.4, 0.5) is 4.39 Å². The Bertz CT molecular complexity index is 466. The summed E-state index contributed by atoms with van der Waals surface area (Å²) in [6, 6.07) is 7.18. The fourth-order valence-electron chi connectivity index (χ4n) is 4.75. The van der Waals surface area contributed by atoms with Gasteiger partial charge in [0.05, 0.1) is 0 Å². The van der Waals surface area contributed by atoms with Crippen molar-refractivity contribution in [2.45, 2.75) is 69.7 Å². The van der Waals surface area contributed by atoms with Gasteiger partial charge in [0.1, 0.15) is 5.82 Å². The van der Waals surface area contributed by atoms with Gasteiger partial charge in [-0.15, -0.1) is 0 Å². The molecule has 2 atom stereocenters. The van der Waals surface area contributed by atoms with Crippen LogP contribution >= 0.6 is 0 Å². The summed E-state index contributed by atoms with van der Waals surface area (Å²) in [5.74, 6) is 1.28. The van der Waals surface area contributed by atoms with Crippen LogP contribution in [0.25, 0.3) is 0 Å². The second-order valence-electron chi connectivity index (χ2n) is 7.25. The van der Waals surface area contributed by atoms with Crippen LogP contribution in [0.1, 0.15) is 63.4 Å². The molecule has 1 aromatic rings. The van der Waals surface area contributed by atoms with Gasteiger partial charge in [-0.2, -0.15) is 0 Å². The first-order valence-corrected chi connectivity index (χ1v) is 8.71. The van der Waals surface area contributed by atoms with E-state index in [-0.39, 0.29) is 11.4 Å². The molecule has 1 nitrogen and oxygen atoms in total. The molecule has 2 aliphatic carbocycles. The van der Waals surface area contributed by atoms with Crippen LogP contribution < -0.4 is 5.73 Å². The van der Waals surface area contributed by atoms with Gasteiger partial charge in [0, 0.05) is 5.54 Å². The standard InChI is InChI=1S/C19H28FN/c20-18-12-5-4-10-16(18)14-19(21)13-7-6-11-17(19)15-8-2-1-3-9-15/h4-5,10,12,15,17H,1-3,6-9,11,13-14,21H2. The second-order valence-corrected chi connectivity index (χ2v) is 7.25. The lowest BCUT2D eigenvalue weighted by atomic mass is 9.62. The van der Waals surface area contributed by atoms with E-state index in [0.717, 1.165) is 17.9 Å². The third kappa shape index (κ3) is 3.31. The van der Waals surface area contributed by atoms with Gasteiger partial charge in [-0.05, 0) is 42.7 Å². The van der Waals surface area contributed by atoms with Gasteiger partial charge < -0.3 is 5.73 Å². The predicted molar refractivity (Wildman–Crippen MR) is 85.6 cm³/mol. The summed E-state index contributed by atoms with van der Waals surface area (Å²) in [6.07, 6.45) is 12.3. The maximum atomic E-state index is 14.0. The van der Waals surface area contributed by atoms with Crippen LogP contribution in [0.2, 0.25) is 0 Å². The largest absolute Gasteiger partial charge is 0.325 e. The zero-order chi connectivity index (χ0) is 14.7. The minimum atomic E-state index is -0.192. The van der Waals surface area contributed by atoms with Gasteiger partial charge in [-0.25, -0.2) is 4.39 Å². The quantitative estimate of drug-likeness (QED) is 0.847. The zero-order valence-corrected chi connectivity index (χ0v) is 13.0. The monoisotopic (exact) mass is 289 g/mol. The molecule has 2 saturated carbocycles. The van der Waals surface area contributed by atoms with E-state index in [2.05, 4.69) is 0 Å². The van der Waals surface area contributed by atoms with Crippen LogP contribution in [0, 0.1) is 17.7 Å². The minimum Gasteiger partial charge on any atom is -0.325 e. The van der Waals surface area contributed by atoms with Crippen molar-refractivity contribution in [3.05, 3.63) is 35.6 Å². The van der Waals surface area contributed by atoms with Crippen molar-refractivity contribution in [3.63, 3.8) is 0 Å². The molecule has 0 radical (unpaired) electrons. The Labute approximate surface area is 128 Å². The summed E-state index contributed by atoms with van der Waals surface area (Å²) in [5.41, 5.74) is 7.48. The number of nitrogens with two attached hydrogens (primary N) is 1. The summed E-state index contributed by atoms with van der Waals surface area (Å²) in [5, 5.41) is 0. The van der Waals surface area contributed by atoms with Crippen molar-refractivity contribution < 1.29 is 4.39 Å².